The predicted molar refractivity (Wildman–Crippen MR) is 112 cm³/mol. The smallest absolute Gasteiger partial charge is 0.230 e. The summed E-state index contributed by atoms with van der Waals surface area (Å²) < 4.78 is 1.05. The van der Waals surface area contributed by atoms with E-state index in [0.29, 0.717) is 11.8 Å². The highest BCUT2D eigenvalue weighted by atomic mass is 79.9. The van der Waals surface area contributed by atoms with Gasteiger partial charge in [-0.15, -0.1) is 11.3 Å². The Morgan fingerprint density at radius 1 is 1.23 bits per heavy atom. The minimum Gasteiger partial charge on any atom is -0.353 e. The first kappa shape index (κ1) is 17.9. The average Bonchev–Trinajstić information content (AvgIpc) is 3.30. The zero-order valence-corrected chi connectivity index (χ0v) is 17.3. The van der Waals surface area contributed by atoms with Crippen LogP contribution < -0.4 is 5.32 Å². The SMILES string of the molecule is O=C(CSc1ncnc2scc(-c3ccc(Br)cc3)c12)NC1CCCC1. The van der Waals surface area contributed by atoms with Crippen LogP contribution in [-0.4, -0.2) is 27.7 Å². The molecular weight excluding hydrogens is 430 g/mol. The summed E-state index contributed by atoms with van der Waals surface area (Å²) in [7, 11) is 0. The van der Waals surface area contributed by atoms with Crippen LogP contribution in [0.4, 0.5) is 0 Å². The van der Waals surface area contributed by atoms with Crippen LogP contribution >= 0.6 is 39.0 Å². The fourth-order valence-electron chi connectivity index (χ4n) is 3.27. The number of thioether (sulfide) groups is 1. The Hall–Kier alpha value is -1.44. The summed E-state index contributed by atoms with van der Waals surface area (Å²) in [6.07, 6.45) is 6.23. The van der Waals surface area contributed by atoms with Crippen molar-refractivity contribution in [1.82, 2.24) is 15.3 Å². The number of hydrogen-bond donors (Lipinski definition) is 1. The Morgan fingerprint density at radius 2 is 2.00 bits per heavy atom. The lowest BCUT2D eigenvalue weighted by molar-refractivity contribution is -0.119. The van der Waals surface area contributed by atoms with Gasteiger partial charge < -0.3 is 5.32 Å². The highest BCUT2D eigenvalue weighted by molar-refractivity contribution is 9.10. The quantitative estimate of drug-likeness (QED) is 0.427. The van der Waals surface area contributed by atoms with Crippen LogP contribution in [0.2, 0.25) is 0 Å². The molecule has 1 saturated carbocycles. The number of aromatic nitrogens is 2. The van der Waals surface area contributed by atoms with Crippen molar-refractivity contribution in [2.75, 3.05) is 5.75 Å². The number of carbonyl (C=O) groups excluding carboxylic acids is 1. The van der Waals surface area contributed by atoms with E-state index in [-0.39, 0.29) is 5.91 Å². The van der Waals surface area contributed by atoms with Gasteiger partial charge in [0.05, 0.1) is 11.1 Å². The molecule has 0 bridgehead atoms. The van der Waals surface area contributed by atoms with E-state index in [1.807, 2.05) is 12.1 Å². The number of rotatable bonds is 5. The van der Waals surface area contributed by atoms with Crippen molar-refractivity contribution in [2.24, 2.45) is 0 Å². The van der Waals surface area contributed by atoms with E-state index in [1.54, 1.807) is 17.7 Å². The first-order chi connectivity index (χ1) is 12.7. The van der Waals surface area contributed by atoms with Gasteiger partial charge in [0, 0.05) is 21.5 Å². The van der Waals surface area contributed by atoms with Crippen LogP contribution in [0.3, 0.4) is 0 Å². The van der Waals surface area contributed by atoms with Gasteiger partial charge in [0.1, 0.15) is 16.2 Å². The van der Waals surface area contributed by atoms with Crippen LogP contribution in [0.15, 0.2) is 45.5 Å². The Balaban J connectivity index is 1.56. The number of nitrogens with one attached hydrogen (secondary N) is 1. The Kier molecular flexibility index (Phi) is 5.57. The molecule has 134 valence electrons. The number of halogens is 1. The lowest BCUT2D eigenvalue weighted by Crippen LogP contribution is -2.33. The topological polar surface area (TPSA) is 54.9 Å². The van der Waals surface area contributed by atoms with E-state index < -0.39 is 0 Å². The van der Waals surface area contributed by atoms with E-state index in [4.69, 9.17) is 0 Å². The third-order valence-corrected chi connectivity index (χ3v) is 6.96. The van der Waals surface area contributed by atoms with Gasteiger partial charge >= 0.3 is 0 Å². The molecule has 0 saturated heterocycles. The molecule has 2 heterocycles. The first-order valence-corrected chi connectivity index (χ1v) is 11.3. The summed E-state index contributed by atoms with van der Waals surface area (Å²) in [4.78, 5) is 22.1. The van der Waals surface area contributed by atoms with E-state index in [1.165, 1.54) is 24.6 Å². The molecular formula is C19H18BrN3OS2. The fraction of sp³-hybridized carbons (Fsp3) is 0.316. The van der Waals surface area contributed by atoms with Gasteiger partial charge in [-0.3, -0.25) is 4.79 Å². The third-order valence-electron chi connectivity index (χ3n) is 4.55. The maximum absolute atomic E-state index is 12.3. The van der Waals surface area contributed by atoms with Gasteiger partial charge in [-0.1, -0.05) is 52.7 Å². The summed E-state index contributed by atoms with van der Waals surface area (Å²) >= 11 is 6.58. The summed E-state index contributed by atoms with van der Waals surface area (Å²) in [5, 5.41) is 7.17. The molecule has 0 radical (unpaired) electrons. The molecule has 1 fully saturated rings. The number of nitrogens with zero attached hydrogens (tertiary/aromatic N) is 2. The average molecular weight is 448 g/mol. The van der Waals surface area contributed by atoms with Gasteiger partial charge in [-0.25, -0.2) is 9.97 Å². The van der Waals surface area contributed by atoms with Crippen molar-refractivity contribution in [2.45, 2.75) is 36.8 Å². The minimum absolute atomic E-state index is 0.0917. The Labute approximate surface area is 169 Å². The van der Waals surface area contributed by atoms with Gasteiger partial charge in [-0.05, 0) is 30.5 Å². The van der Waals surface area contributed by atoms with Crippen molar-refractivity contribution < 1.29 is 4.79 Å². The van der Waals surface area contributed by atoms with Gasteiger partial charge in [0.15, 0.2) is 0 Å². The van der Waals surface area contributed by atoms with E-state index in [0.717, 1.165) is 43.7 Å². The minimum atomic E-state index is 0.0917. The summed E-state index contributed by atoms with van der Waals surface area (Å²) in [6.45, 7) is 0. The first-order valence-electron chi connectivity index (χ1n) is 8.61. The molecule has 26 heavy (non-hydrogen) atoms. The molecule has 0 atom stereocenters. The van der Waals surface area contributed by atoms with E-state index in [2.05, 4.69) is 48.7 Å². The molecule has 1 aliphatic carbocycles. The van der Waals surface area contributed by atoms with E-state index >= 15 is 0 Å². The Bertz CT molecular complexity index is 920. The molecule has 3 aromatic rings. The zero-order valence-electron chi connectivity index (χ0n) is 14.1. The van der Waals surface area contributed by atoms with Crippen molar-refractivity contribution in [3.63, 3.8) is 0 Å². The van der Waals surface area contributed by atoms with Crippen molar-refractivity contribution >= 4 is 55.2 Å². The number of hydrogen-bond acceptors (Lipinski definition) is 5. The van der Waals surface area contributed by atoms with Gasteiger partial charge in [-0.2, -0.15) is 0 Å². The summed E-state index contributed by atoms with van der Waals surface area (Å²) in [5.41, 5.74) is 2.25. The molecule has 0 aliphatic heterocycles. The van der Waals surface area contributed by atoms with Gasteiger partial charge in [0.2, 0.25) is 5.91 Å². The van der Waals surface area contributed by atoms with Crippen LogP contribution in [0.5, 0.6) is 0 Å². The summed E-state index contributed by atoms with van der Waals surface area (Å²) in [5.74, 6) is 0.479. The molecule has 4 nitrogen and oxygen atoms in total. The molecule has 1 aromatic carbocycles. The number of fused-ring (bicyclic) bond motifs is 1. The molecule has 1 aliphatic rings. The van der Waals surface area contributed by atoms with Crippen molar-refractivity contribution in [3.05, 3.63) is 40.4 Å². The van der Waals surface area contributed by atoms with Crippen LogP contribution in [0, 0.1) is 0 Å². The number of thiophene rings is 1. The monoisotopic (exact) mass is 447 g/mol. The molecule has 7 heteroatoms. The summed E-state index contributed by atoms with van der Waals surface area (Å²) in [6, 6.07) is 8.59. The van der Waals surface area contributed by atoms with Crippen molar-refractivity contribution in [3.8, 4) is 11.1 Å². The zero-order chi connectivity index (χ0) is 17.9. The number of amides is 1. The predicted octanol–water partition coefficient (Wildman–Crippen LogP) is 5.27. The second-order valence-electron chi connectivity index (χ2n) is 6.35. The van der Waals surface area contributed by atoms with Gasteiger partial charge in [0.25, 0.3) is 0 Å². The molecule has 4 rings (SSSR count). The lowest BCUT2D eigenvalue weighted by atomic mass is 10.1. The molecule has 0 unspecified atom stereocenters. The third kappa shape index (κ3) is 3.94. The molecule has 2 aromatic heterocycles. The van der Waals surface area contributed by atoms with Crippen molar-refractivity contribution in [1.29, 1.82) is 0 Å². The Morgan fingerprint density at radius 3 is 2.77 bits per heavy atom. The largest absolute Gasteiger partial charge is 0.353 e. The number of benzene rings is 1. The van der Waals surface area contributed by atoms with E-state index in [9.17, 15) is 4.79 Å². The maximum Gasteiger partial charge on any atom is 0.230 e. The molecule has 1 amide bonds. The number of carbonyl (C=O) groups is 1. The fourth-order valence-corrected chi connectivity index (χ4v) is 5.34. The standard InChI is InChI=1S/C19H18BrN3OS2/c20-13-7-5-12(6-8-13)15-9-25-18-17(15)19(22-11-21-18)26-10-16(24)23-14-3-1-2-4-14/h5-9,11,14H,1-4,10H2,(H,23,24). The van der Waals surface area contributed by atoms with Crippen LogP contribution in [0.1, 0.15) is 25.7 Å². The lowest BCUT2D eigenvalue weighted by Gasteiger charge is -2.11. The highest BCUT2D eigenvalue weighted by Gasteiger charge is 2.18. The second kappa shape index (κ2) is 8.06. The second-order valence-corrected chi connectivity index (χ2v) is 9.09. The normalized spacial score (nSPS) is 14.8. The molecule has 1 N–H and O–H groups in total. The van der Waals surface area contributed by atoms with Crippen LogP contribution in [0.25, 0.3) is 21.3 Å². The highest BCUT2D eigenvalue weighted by Crippen LogP contribution is 2.38. The molecule has 0 spiro atoms. The van der Waals surface area contributed by atoms with Crippen LogP contribution in [-0.2, 0) is 4.79 Å². The maximum atomic E-state index is 12.3.